The van der Waals surface area contributed by atoms with Crippen LogP contribution < -0.4 is 5.32 Å². The van der Waals surface area contributed by atoms with Gasteiger partial charge in [-0.2, -0.15) is 0 Å². The second-order valence-electron chi connectivity index (χ2n) is 3.05. The van der Waals surface area contributed by atoms with Crippen molar-refractivity contribution < 1.29 is 9.13 Å². The normalized spacial score (nSPS) is 10.8. The number of benzene rings is 1. The molecule has 0 unspecified atom stereocenters. The fourth-order valence-corrected chi connectivity index (χ4v) is 2.11. The van der Waals surface area contributed by atoms with E-state index in [1.54, 1.807) is 13.2 Å². The van der Waals surface area contributed by atoms with Gasteiger partial charge in [0.25, 0.3) is 0 Å². The van der Waals surface area contributed by atoms with E-state index in [-0.39, 0.29) is 5.82 Å². The summed E-state index contributed by atoms with van der Waals surface area (Å²) in [6.07, 6.45) is 0. The maximum atomic E-state index is 12.9. The lowest BCUT2D eigenvalue weighted by Crippen LogP contribution is -2.06. The zero-order valence-electron chi connectivity index (χ0n) is 8.29. The first kappa shape index (κ1) is 10.3. The molecule has 0 bridgehead atoms. The number of aromatic nitrogens is 1. The van der Waals surface area contributed by atoms with Gasteiger partial charge in [0.15, 0.2) is 5.13 Å². The molecule has 0 amide bonds. The third kappa shape index (κ3) is 2.43. The number of ether oxygens (including phenoxy) is 1. The summed E-state index contributed by atoms with van der Waals surface area (Å²) in [5.41, 5.74) is 0.694. The molecule has 0 saturated carbocycles. The van der Waals surface area contributed by atoms with Crippen LogP contribution in [0.4, 0.5) is 9.52 Å². The zero-order chi connectivity index (χ0) is 10.7. The molecule has 1 heterocycles. The molecule has 0 spiro atoms. The Labute approximate surface area is 90.9 Å². The van der Waals surface area contributed by atoms with Crippen LogP contribution >= 0.6 is 11.3 Å². The van der Waals surface area contributed by atoms with E-state index in [2.05, 4.69) is 10.3 Å². The molecule has 1 aromatic heterocycles. The van der Waals surface area contributed by atoms with Crippen molar-refractivity contribution in [1.29, 1.82) is 0 Å². The van der Waals surface area contributed by atoms with Gasteiger partial charge < -0.3 is 10.1 Å². The number of fused-ring (bicyclic) bond motifs is 1. The minimum atomic E-state index is -0.253. The molecule has 2 rings (SSSR count). The first-order chi connectivity index (χ1) is 7.29. The fourth-order valence-electron chi connectivity index (χ4n) is 1.24. The summed E-state index contributed by atoms with van der Waals surface area (Å²) in [5, 5.41) is 3.91. The first-order valence-corrected chi connectivity index (χ1v) is 5.40. The van der Waals surface area contributed by atoms with Gasteiger partial charge in [0.05, 0.1) is 16.8 Å². The highest BCUT2D eigenvalue weighted by atomic mass is 32.1. The van der Waals surface area contributed by atoms with Crippen LogP contribution in [0, 0.1) is 5.82 Å². The van der Waals surface area contributed by atoms with Crippen molar-refractivity contribution in [3.63, 3.8) is 0 Å². The molecule has 0 fully saturated rings. The Kier molecular flexibility index (Phi) is 3.13. The van der Waals surface area contributed by atoms with E-state index < -0.39 is 0 Å². The minimum absolute atomic E-state index is 0.253. The number of thiazole rings is 1. The Morgan fingerprint density at radius 2 is 2.40 bits per heavy atom. The van der Waals surface area contributed by atoms with Gasteiger partial charge in [0.1, 0.15) is 5.82 Å². The van der Waals surface area contributed by atoms with Gasteiger partial charge in [-0.05, 0) is 12.1 Å². The van der Waals surface area contributed by atoms with E-state index in [1.807, 2.05) is 0 Å². The van der Waals surface area contributed by atoms with Crippen molar-refractivity contribution in [3.8, 4) is 0 Å². The summed E-state index contributed by atoms with van der Waals surface area (Å²) in [4.78, 5) is 4.26. The molecular weight excluding hydrogens is 215 g/mol. The SMILES string of the molecule is COCCNc1nc2cc(F)ccc2s1. The number of hydrogen-bond donors (Lipinski definition) is 1. The number of anilines is 1. The topological polar surface area (TPSA) is 34.1 Å². The van der Waals surface area contributed by atoms with Crippen LogP contribution in [0.25, 0.3) is 10.2 Å². The molecule has 0 atom stereocenters. The summed E-state index contributed by atoms with van der Waals surface area (Å²) in [6.45, 7) is 1.34. The van der Waals surface area contributed by atoms with Crippen LogP contribution in [0.2, 0.25) is 0 Å². The molecule has 1 aromatic carbocycles. The van der Waals surface area contributed by atoms with Crippen LogP contribution in [0.5, 0.6) is 0 Å². The second kappa shape index (κ2) is 4.55. The van der Waals surface area contributed by atoms with E-state index in [0.29, 0.717) is 18.7 Å². The van der Waals surface area contributed by atoms with Crippen LogP contribution in [0.3, 0.4) is 0 Å². The number of methoxy groups -OCH3 is 1. The lowest BCUT2D eigenvalue weighted by atomic mass is 10.3. The summed E-state index contributed by atoms with van der Waals surface area (Å²) < 4.78 is 18.8. The summed E-state index contributed by atoms with van der Waals surface area (Å²) in [5.74, 6) is -0.253. The number of halogens is 1. The highest BCUT2D eigenvalue weighted by Crippen LogP contribution is 2.25. The number of nitrogens with one attached hydrogen (secondary N) is 1. The quantitative estimate of drug-likeness (QED) is 0.813. The molecule has 0 radical (unpaired) electrons. The van der Waals surface area contributed by atoms with Gasteiger partial charge in [-0.15, -0.1) is 0 Å². The van der Waals surface area contributed by atoms with Crippen molar-refractivity contribution in [1.82, 2.24) is 4.98 Å². The van der Waals surface area contributed by atoms with Crippen molar-refractivity contribution in [2.45, 2.75) is 0 Å². The van der Waals surface area contributed by atoms with Crippen molar-refractivity contribution in [3.05, 3.63) is 24.0 Å². The van der Waals surface area contributed by atoms with Crippen molar-refractivity contribution in [2.75, 3.05) is 25.6 Å². The highest BCUT2D eigenvalue weighted by Gasteiger charge is 2.03. The van der Waals surface area contributed by atoms with Gasteiger partial charge in [-0.1, -0.05) is 11.3 Å². The third-order valence-corrected chi connectivity index (χ3v) is 2.93. The molecule has 1 N–H and O–H groups in total. The highest BCUT2D eigenvalue weighted by molar-refractivity contribution is 7.22. The van der Waals surface area contributed by atoms with E-state index >= 15 is 0 Å². The molecule has 0 aliphatic heterocycles. The average molecular weight is 226 g/mol. The van der Waals surface area contributed by atoms with Gasteiger partial charge >= 0.3 is 0 Å². The van der Waals surface area contributed by atoms with E-state index in [1.165, 1.54) is 23.5 Å². The van der Waals surface area contributed by atoms with E-state index in [9.17, 15) is 4.39 Å². The average Bonchev–Trinajstić information content (AvgIpc) is 2.60. The molecular formula is C10H11FN2OS. The lowest BCUT2D eigenvalue weighted by molar-refractivity contribution is 0.211. The number of hydrogen-bond acceptors (Lipinski definition) is 4. The Bertz CT molecular complexity index is 458. The van der Waals surface area contributed by atoms with Gasteiger partial charge in [0, 0.05) is 19.7 Å². The minimum Gasteiger partial charge on any atom is -0.383 e. The van der Waals surface area contributed by atoms with E-state index in [0.717, 1.165) is 9.83 Å². The largest absolute Gasteiger partial charge is 0.383 e. The Balaban J connectivity index is 2.16. The molecule has 80 valence electrons. The smallest absolute Gasteiger partial charge is 0.183 e. The molecule has 0 aliphatic rings. The third-order valence-electron chi connectivity index (χ3n) is 1.93. The van der Waals surface area contributed by atoms with Crippen molar-refractivity contribution >= 4 is 26.7 Å². The first-order valence-electron chi connectivity index (χ1n) is 4.58. The molecule has 5 heteroatoms. The van der Waals surface area contributed by atoms with Gasteiger partial charge in [-0.3, -0.25) is 0 Å². The maximum absolute atomic E-state index is 12.9. The maximum Gasteiger partial charge on any atom is 0.183 e. The van der Waals surface area contributed by atoms with Gasteiger partial charge in [0.2, 0.25) is 0 Å². The zero-order valence-corrected chi connectivity index (χ0v) is 9.10. The molecule has 0 saturated heterocycles. The van der Waals surface area contributed by atoms with Crippen LogP contribution in [0.15, 0.2) is 18.2 Å². The van der Waals surface area contributed by atoms with Crippen LogP contribution in [-0.4, -0.2) is 25.2 Å². The monoisotopic (exact) mass is 226 g/mol. The molecule has 0 aliphatic carbocycles. The summed E-state index contributed by atoms with van der Waals surface area (Å²) >= 11 is 1.51. The Hall–Kier alpha value is -1.20. The van der Waals surface area contributed by atoms with Crippen LogP contribution in [0.1, 0.15) is 0 Å². The van der Waals surface area contributed by atoms with E-state index in [4.69, 9.17) is 4.74 Å². The standard InChI is InChI=1S/C10H11FN2OS/c1-14-5-4-12-10-13-8-6-7(11)2-3-9(8)15-10/h2-3,6H,4-5H2,1H3,(H,12,13). The molecule has 15 heavy (non-hydrogen) atoms. The Morgan fingerprint density at radius 3 is 3.20 bits per heavy atom. The predicted molar refractivity (Wildman–Crippen MR) is 59.9 cm³/mol. The summed E-state index contributed by atoms with van der Waals surface area (Å²) in [6, 6.07) is 4.62. The second-order valence-corrected chi connectivity index (χ2v) is 4.08. The summed E-state index contributed by atoms with van der Waals surface area (Å²) in [7, 11) is 1.65. The molecule has 3 nitrogen and oxygen atoms in total. The van der Waals surface area contributed by atoms with Crippen molar-refractivity contribution in [2.24, 2.45) is 0 Å². The van der Waals surface area contributed by atoms with Crippen LogP contribution in [-0.2, 0) is 4.74 Å². The molecule has 2 aromatic rings. The number of rotatable bonds is 4. The lowest BCUT2D eigenvalue weighted by Gasteiger charge is -1.99. The Morgan fingerprint density at radius 1 is 1.53 bits per heavy atom. The fraction of sp³-hybridized carbons (Fsp3) is 0.300. The van der Waals surface area contributed by atoms with Gasteiger partial charge in [-0.25, -0.2) is 9.37 Å². The predicted octanol–water partition coefficient (Wildman–Crippen LogP) is 2.49. The number of nitrogens with zero attached hydrogens (tertiary/aromatic N) is 1.